The fourth-order valence-corrected chi connectivity index (χ4v) is 3.74. The van der Waals surface area contributed by atoms with Crippen LogP contribution in [-0.4, -0.2) is 73.7 Å². The lowest BCUT2D eigenvalue weighted by molar-refractivity contribution is -0.164. The maximum Gasteiger partial charge on any atom is 0.407 e. The van der Waals surface area contributed by atoms with Crippen molar-refractivity contribution in [2.45, 2.75) is 17.9 Å². The molecule has 33 heavy (non-hydrogen) atoms. The molecular weight excluding hydrogens is 436 g/mol. The van der Waals surface area contributed by atoms with Crippen molar-refractivity contribution >= 4 is 18.0 Å². The Hall–Kier alpha value is -3.53. The van der Waals surface area contributed by atoms with Gasteiger partial charge in [-0.25, -0.2) is 9.59 Å². The van der Waals surface area contributed by atoms with E-state index in [0.717, 1.165) is 22.3 Å². The Morgan fingerprint density at radius 1 is 1.06 bits per heavy atom. The van der Waals surface area contributed by atoms with Crippen molar-refractivity contribution in [2.24, 2.45) is 0 Å². The zero-order chi connectivity index (χ0) is 24.2. The first-order chi connectivity index (χ1) is 15.6. The summed E-state index contributed by atoms with van der Waals surface area (Å²) in [6.45, 7) is -1.38. The Morgan fingerprint density at radius 3 is 2.12 bits per heavy atom. The van der Waals surface area contributed by atoms with Crippen molar-refractivity contribution < 1.29 is 33.0 Å². The van der Waals surface area contributed by atoms with Crippen molar-refractivity contribution in [1.29, 1.82) is 0 Å². The molecule has 0 saturated heterocycles. The van der Waals surface area contributed by atoms with Gasteiger partial charge in [0.2, 0.25) is 5.91 Å². The number of hydrogen-bond donors (Lipinski definition) is 3. The van der Waals surface area contributed by atoms with Crippen LogP contribution < -0.4 is 10.6 Å². The summed E-state index contributed by atoms with van der Waals surface area (Å²) in [6.07, 6.45) is -0.885. The highest BCUT2D eigenvalue weighted by atomic mass is 19.3. The van der Waals surface area contributed by atoms with Gasteiger partial charge in [-0.1, -0.05) is 48.5 Å². The van der Waals surface area contributed by atoms with Crippen molar-refractivity contribution in [3.63, 3.8) is 0 Å². The van der Waals surface area contributed by atoms with Gasteiger partial charge in [-0.15, -0.1) is 0 Å². The summed E-state index contributed by atoms with van der Waals surface area (Å²) in [5.74, 6) is -7.60. The predicted molar refractivity (Wildman–Crippen MR) is 116 cm³/mol. The molecule has 1 aliphatic rings. The summed E-state index contributed by atoms with van der Waals surface area (Å²) < 4.78 is 32.0. The van der Waals surface area contributed by atoms with Gasteiger partial charge in [0, 0.05) is 12.5 Å². The Bertz CT molecular complexity index is 999. The van der Waals surface area contributed by atoms with Crippen LogP contribution in [0.2, 0.25) is 0 Å². The Kier molecular flexibility index (Phi) is 7.27. The smallest absolute Gasteiger partial charge is 0.407 e. The molecular formula is C23H25F2N3O5. The highest BCUT2D eigenvalue weighted by Crippen LogP contribution is 2.44. The van der Waals surface area contributed by atoms with Crippen LogP contribution in [0.15, 0.2) is 48.5 Å². The van der Waals surface area contributed by atoms with Gasteiger partial charge in [0.1, 0.15) is 12.6 Å². The molecule has 0 bridgehead atoms. The van der Waals surface area contributed by atoms with Crippen LogP contribution in [0.1, 0.15) is 17.0 Å². The lowest BCUT2D eigenvalue weighted by atomic mass is 9.98. The number of aliphatic carboxylic acids is 1. The summed E-state index contributed by atoms with van der Waals surface area (Å²) in [5, 5.41) is 12.7. The van der Waals surface area contributed by atoms with Gasteiger partial charge in [-0.2, -0.15) is 8.78 Å². The maximum absolute atomic E-state index is 13.3. The molecule has 0 spiro atoms. The molecule has 3 N–H and O–H groups in total. The molecule has 0 heterocycles. The van der Waals surface area contributed by atoms with Crippen LogP contribution in [0.3, 0.4) is 0 Å². The fraction of sp³-hybridized carbons (Fsp3) is 0.348. The minimum Gasteiger partial charge on any atom is -0.477 e. The molecule has 0 unspecified atom stereocenters. The van der Waals surface area contributed by atoms with Crippen molar-refractivity contribution in [3.05, 3.63) is 59.7 Å². The van der Waals surface area contributed by atoms with Crippen molar-refractivity contribution in [1.82, 2.24) is 15.5 Å². The fourth-order valence-electron chi connectivity index (χ4n) is 3.74. The molecule has 10 heteroatoms. The third kappa shape index (κ3) is 5.64. The first kappa shape index (κ1) is 24.1. The number of halogens is 2. The second kappa shape index (κ2) is 9.95. The highest BCUT2D eigenvalue weighted by molar-refractivity contribution is 5.87. The standard InChI is InChI=1S/C23H25F2N3O5/c1-28(2)11-19(20(29)26-13-23(24,25)21(30)31)27-22(32)33-12-18-16-9-5-3-7-14(16)15-8-4-6-10-17(15)18/h3-10,18-19H,11-13H2,1-2H3,(H,26,29)(H,27,32)(H,30,31)/t19-/m0/s1. The lowest BCUT2D eigenvalue weighted by Gasteiger charge is -2.23. The molecule has 0 fully saturated rings. The van der Waals surface area contributed by atoms with Gasteiger partial charge in [0.05, 0.1) is 6.54 Å². The Morgan fingerprint density at radius 2 is 1.61 bits per heavy atom. The maximum atomic E-state index is 13.3. The normalized spacial score (nSPS) is 13.7. The van der Waals surface area contributed by atoms with E-state index in [9.17, 15) is 23.2 Å². The van der Waals surface area contributed by atoms with Gasteiger partial charge in [0.25, 0.3) is 0 Å². The number of rotatable bonds is 9. The molecule has 8 nitrogen and oxygen atoms in total. The number of benzene rings is 2. The van der Waals surface area contributed by atoms with E-state index in [4.69, 9.17) is 9.84 Å². The molecule has 1 atom stereocenters. The molecule has 0 saturated carbocycles. The van der Waals surface area contributed by atoms with E-state index in [1.807, 2.05) is 53.8 Å². The zero-order valence-electron chi connectivity index (χ0n) is 18.2. The number of nitrogens with zero attached hydrogens (tertiary/aromatic N) is 1. The van der Waals surface area contributed by atoms with Crippen LogP contribution in [0.25, 0.3) is 11.1 Å². The number of alkyl halides is 2. The lowest BCUT2D eigenvalue weighted by Crippen LogP contribution is -2.54. The number of fused-ring (bicyclic) bond motifs is 3. The molecule has 2 amide bonds. The molecule has 0 aromatic heterocycles. The van der Waals surface area contributed by atoms with Crippen LogP contribution in [0.4, 0.5) is 13.6 Å². The largest absolute Gasteiger partial charge is 0.477 e. The number of carboxylic acids is 1. The summed E-state index contributed by atoms with van der Waals surface area (Å²) in [6, 6.07) is 14.4. The monoisotopic (exact) mass is 461 g/mol. The molecule has 3 rings (SSSR count). The minimum absolute atomic E-state index is 0.00529. The number of nitrogens with one attached hydrogen (secondary N) is 2. The number of amides is 2. The highest BCUT2D eigenvalue weighted by Gasteiger charge is 2.40. The van der Waals surface area contributed by atoms with Crippen LogP contribution in [0.5, 0.6) is 0 Å². The van der Waals surface area contributed by atoms with E-state index in [1.165, 1.54) is 0 Å². The number of carbonyl (C=O) groups excluding carboxylic acids is 2. The second-order valence-corrected chi connectivity index (χ2v) is 8.01. The first-order valence-corrected chi connectivity index (χ1v) is 10.3. The van der Waals surface area contributed by atoms with Gasteiger partial charge in [-0.3, -0.25) is 4.79 Å². The number of ether oxygens (including phenoxy) is 1. The third-order valence-corrected chi connectivity index (χ3v) is 5.30. The van der Waals surface area contributed by atoms with Crippen LogP contribution in [0, 0.1) is 0 Å². The van der Waals surface area contributed by atoms with Crippen LogP contribution >= 0.6 is 0 Å². The molecule has 1 aliphatic carbocycles. The summed E-state index contributed by atoms with van der Waals surface area (Å²) in [4.78, 5) is 36.9. The number of likely N-dealkylation sites (N-methyl/N-ethyl adjacent to an activating group) is 1. The third-order valence-electron chi connectivity index (χ3n) is 5.30. The summed E-state index contributed by atoms with van der Waals surface area (Å²) in [7, 11) is 3.26. The average molecular weight is 461 g/mol. The number of carbonyl (C=O) groups is 3. The molecule has 0 aliphatic heterocycles. The minimum atomic E-state index is -4.12. The van der Waals surface area contributed by atoms with E-state index in [-0.39, 0.29) is 19.1 Å². The van der Waals surface area contributed by atoms with Crippen molar-refractivity contribution in [2.75, 3.05) is 33.8 Å². The van der Waals surface area contributed by atoms with Gasteiger partial charge < -0.3 is 25.4 Å². The quantitative estimate of drug-likeness (QED) is 0.529. The topological polar surface area (TPSA) is 108 Å². The van der Waals surface area contributed by atoms with E-state index >= 15 is 0 Å². The predicted octanol–water partition coefficient (Wildman–Crippen LogP) is 2.29. The number of alkyl carbamates (subject to hydrolysis) is 1. The Balaban J connectivity index is 1.64. The molecule has 176 valence electrons. The average Bonchev–Trinajstić information content (AvgIpc) is 3.09. The zero-order valence-corrected chi connectivity index (χ0v) is 18.2. The van der Waals surface area contributed by atoms with E-state index in [1.54, 1.807) is 19.0 Å². The second-order valence-electron chi connectivity index (χ2n) is 8.01. The summed E-state index contributed by atoms with van der Waals surface area (Å²) >= 11 is 0. The first-order valence-electron chi connectivity index (χ1n) is 10.3. The number of hydrogen-bond acceptors (Lipinski definition) is 5. The van der Waals surface area contributed by atoms with Gasteiger partial charge >= 0.3 is 18.0 Å². The number of carboxylic acid groups (broad SMARTS) is 1. The molecule has 2 aromatic rings. The van der Waals surface area contributed by atoms with E-state index in [0.29, 0.717) is 0 Å². The van der Waals surface area contributed by atoms with E-state index < -0.39 is 36.5 Å². The molecule has 0 radical (unpaired) electrons. The SMILES string of the molecule is CN(C)C[C@H](NC(=O)OCC1c2ccccc2-c2ccccc21)C(=O)NCC(F)(F)C(=O)O. The van der Waals surface area contributed by atoms with Gasteiger partial charge in [0.15, 0.2) is 0 Å². The van der Waals surface area contributed by atoms with E-state index in [2.05, 4.69) is 5.32 Å². The Labute approximate surface area is 189 Å². The summed E-state index contributed by atoms with van der Waals surface area (Å²) in [5.41, 5.74) is 4.16. The van der Waals surface area contributed by atoms with Gasteiger partial charge in [-0.05, 0) is 36.3 Å². The van der Waals surface area contributed by atoms with Crippen molar-refractivity contribution in [3.8, 4) is 11.1 Å². The molecule has 2 aromatic carbocycles. The van der Waals surface area contributed by atoms with Crippen LogP contribution in [-0.2, 0) is 14.3 Å².